The van der Waals surface area contributed by atoms with Crippen LogP contribution in [0.3, 0.4) is 0 Å². The first-order valence-corrected chi connectivity index (χ1v) is 8.22. The SMILES string of the molecule is CC1CC(=O)NC(C(C)(C)C)C(=O)N1Cc1ccc(Cl)s1. The van der Waals surface area contributed by atoms with E-state index in [1.54, 1.807) is 4.90 Å². The lowest BCUT2D eigenvalue weighted by atomic mass is 9.86. The highest BCUT2D eigenvalue weighted by Gasteiger charge is 2.40. The van der Waals surface area contributed by atoms with Gasteiger partial charge in [-0.15, -0.1) is 11.3 Å². The molecule has 0 saturated carbocycles. The second kappa shape index (κ2) is 5.97. The Bertz CT molecular complexity index is 550. The molecule has 4 nitrogen and oxygen atoms in total. The Kier molecular flexibility index (Phi) is 4.63. The van der Waals surface area contributed by atoms with Crippen molar-refractivity contribution in [3.63, 3.8) is 0 Å². The molecule has 2 atom stereocenters. The standard InChI is InChI=1S/C15H21ClN2O2S/c1-9-7-12(19)17-13(15(2,3)4)14(20)18(9)8-10-5-6-11(16)21-10/h5-6,9,13H,7-8H2,1-4H3,(H,17,19). The van der Waals surface area contributed by atoms with E-state index in [4.69, 9.17) is 11.6 Å². The van der Waals surface area contributed by atoms with Crippen molar-refractivity contribution >= 4 is 34.8 Å². The number of nitrogens with zero attached hydrogens (tertiary/aromatic N) is 1. The first-order chi connectivity index (χ1) is 9.68. The lowest BCUT2D eigenvalue weighted by molar-refractivity contribution is -0.138. The molecule has 2 amide bonds. The number of amides is 2. The third kappa shape index (κ3) is 3.77. The summed E-state index contributed by atoms with van der Waals surface area (Å²) >= 11 is 7.42. The van der Waals surface area contributed by atoms with Gasteiger partial charge < -0.3 is 10.2 Å². The van der Waals surface area contributed by atoms with Gasteiger partial charge in [-0.2, -0.15) is 0 Å². The van der Waals surface area contributed by atoms with Crippen molar-refractivity contribution in [1.82, 2.24) is 10.2 Å². The van der Waals surface area contributed by atoms with Crippen LogP contribution in [0.2, 0.25) is 4.34 Å². The molecular formula is C15H21ClN2O2S. The summed E-state index contributed by atoms with van der Waals surface area (Å²) in [6.45, 7) is 8.31. The zero-order valence-corrected chi connectivity index (χ0v) is 14.3. The van der Waals surface area contributed by atoms with Crippen LogP contribution in [0.15, 0.2) is 12.1 Å². The third-order valence-corrected chi connectivity index (χ3v) is 4.89. The second-order valence-electron chi connectivity index (χ2n) is 6.59. The highest BCUT2D eigenvalue weighted by Crippen LogP contribution is 2.28. The van der Waals surface area contributed by atoms with Gasteiger partial charge in [-0.25, -0.2) is 0 Å². The number of hydrogen-bond acceptors (Lipinski definition) is 3. The van der Waals surface area contributed by atoms with Crippen LogP contribution < -0.4 is 5.32 Å². The van der Waals surface area contributed by atoms with Crippen LogP contribution in [0, 0.1) is 5.41 Å². The molecular weight excluding hydrogens is 308 g/mol. The molecule has 1 aliphatic rings. The lowest BCUT2D eigenvalue weighted by Crippen LogP contribution is -2.52. The van der Waals surface area contributed by atoms with E-state index in [1.807, 2.05) is 39.8 Å². The van der Waals surface area contributed by atoms with Crippen LogP contribution >= 0.6 is 22.9 Å². The fourth-order valence-electron chi connectivity index (χ4n) is 2.47. The van der Waals surface area contributed by atoms with Crippen LogP contribution in [0.1, 0.15) is 39.0 Å². The van der Waals surface area contributed by atoms with Crippen molar-refractivity contribution in [3.05, 3.63) is 21.3 Å². The Morgan fingerprint density at radius 3 is 2.57 bits per heavy atom. The average Bonchev–Trinajstić information content (AvgIpc) is 2.71. The molecule has 0 spiro atoms. The van der Waals surface area contributed by atoms with Crippen molar-refractivity contribution < 1.29 is 9.59 Å². The van der Waals surface area contributed by atoms with E-state index in [2.05, 4.69) is 5.32 Å². The smallest absolute Gasteiger partial charge is 0.246 e. The molecule has 1 fully saturated rings. The second-order valence-corrected chi connectivity index (χ2v) is 8.39. The Labute approximate surface area is 134 Å². The van der Waals surface area contributed by atoms with Gasteiger partial charge in [-0.3, -0.25) is 9.59 Å². The fourth-order valence-corrected chi connectivity index (χ4v) is 3.56. The van der Waals surface area contributed by atoms with Gasteiger partial charge in [0, 0.05) is 17.3 Å². The predicted octanol–water partition coefficient (Wildman–Crippen LogP) is 3.05. The van der Waals surface area contributed by atoms with E-state index in [1.165, 1.54) is 11.3 Å². The molecule has 1 N–H and O–H groups in total. The van der Waals surface area contributed by atoms with Crippen LogP contribution in [0.25, 0.3) is 0 Å². The summed E-state index contributed by atoms with van der Waals surface area (Å²) in [4.78, 5) is 27.6. The minimum atomic E-state index is -0.495. The highest BCUT2D eigenvalue weighted by molar-refractivity contribution is 7.16. The van der Waals surface area contributed by atoms with Gasteiger partial charge in [0.15, 0.2) is 0 Å². The number of thiophene rings is 1. The minimum absolute atomic E-state index is 0.0228. The van der Waals surface area contributed by atoms with Gasteiger partial charge in [0.2, 0.25) is 11.8 Å². The molecule has 1 aromatic rings. The van der Waals surface area contributed by atoms with Crippen LogP contribution in [-0.2, 0) is 16.1 Å². The van der Waals surface area contributed by atoms with Gasteiger partial charge in [0.05, 0.1) is 10.9 Å². The molecule has 2 rings (SSSR count). The Hall–Kier alpha value is -1.07. The van der Waals surface area contributed by atoms with Crippen LogP contribution in [0.5, 0.6) is 0 Å². The van der Waals surface area contributed by atoms with E-state index in [0.29, 0.717) is 17.3 Å². The Morgan fingerprint density at radius 1 is 1.38 bits per heavy atom. The summed E-state index contributed by atoms with van der Waals surface area (Å²) in [6, 6.07) is 3.15. The summed E-state index contributed by atoms with van der Waals surface area (Å²) in [6.07, 6.45) is 0.331. The third-order valence-electron chi connectivity index (χ3n) is 3.67. The molecule has 116 valence electrons. The summed E-state index contributed by atoms with van der Waals surface area (Å²) in [5.74, 6) is -0.0899. The molecule has 6 heteroatoms. The molecule has 0 aliphatic carbocycles. The van der Waals surface area contributed by atoms with Crippen molar-refractivity contribution in [2.45, 2.75) is 52.7 Å². The van der Waals surface area contributed by atoms with Gasteiger partial charge in [0.1, 0.15) is 6.04 Å². The molecule has 21 heavy (non-hydrogen) atoms. The van der Waals surface area contributed by atoms with E-state index >= 15 is 0 Å². The quantitative estimate of drug-likeness (QED) is 0.907. The topological polar surface area (TPSA) is 49.4 Å². The summed E-state index contributed by atoms with van der Waals surface area (Å²) in [7, 11) is 0. The fraction of sp³-hybridized carbons (Fsp3) is 0.600. The molecule has 0 bridgehead atoms. The maximum atomic E-state index is 12.8. The lowest BCUT2D eigenvalue weighted by Gasteiger charge is -2.34. The molecule has 2 heterocycles. The maximum Gasteiger partial charge on any atom is 0.246 e. The van der Waals surface area contributed by atoms with E-state index < -0.39 is 6.04 Å². The number of rotatable bonds is 2. The number of nitrogens with one attached hydrogen (secondary N) is 1. The molecule has 0 aromatic carbocycles. The summed E-state index contributed by atoms with van der Waals surface area (Å²) < 4.78 is 0.710. The van der Waals surface area contributed by atoms with Crippen LogP contribution in [0.4, 0.5) is 0 Å². The maximum absolute atomic E-state index is 12.8. The van der Waals surface area contributed by atoms with E-state index in [9.17, 15) is 9.59 Å². The summed E-state index contributed by atoms with van der Waals surface area (Å²) in [5.41, 5.74) is -0.317. The van der Waals surface area contributed by atoms with Gasteiger partial charge in [-0.1, -0.05) is 32.4 Å². The van der Waals surface area contributed by atoms with Gasteiger partial charge >= 0.3 is 0 Å². The zero-order chi connectivity index (χ0) is 15.8. The first-order valence-electron chi connectivity index (χ1n) is 7.02. The zero-order valence-electron chi connectivity index (χ0n) is 12.8. The first kappa shape index (κ1) is 16.3. The number of halogens is 1. The average molecular weight is 329 g/mol. The summed E-state index contributed by atoms with van der Waals surface area (Å²) in [5, 5.41) is 2.87. The van der Waals surface area contributed by atoms with E-state index in [0.717, 1.165) is 4.88 Å². The molecule has 2 unspecified atom stereocenters. The normalized spacial score (nSPS) is 24.0. The van der Waals surface area contributed by atoms with Crippen molar-refractivity contribution in [3.8, 4) is 0 Å². The van der Waals surface area contributed by atoms with E-state index in [-0.39, 0.29) is 23.3 Å². The van der Waals surface area contributed by atoms with Crippen molar-refractivity contribution in [1.29, 1.82) is 0 Å². The monoisotopic (exact) mass is 328 g/mol. The van der Waals surface area contributed by atoms with Crippen LogP contribution in [-0.4, -0.2) is 28.8 Å². The largest absolute Gasteiger partial charge is 0.344 e. The molecule has 1 aromatic heterocycles. The number of hydrogen-bond donors (Lipinski definition) is 1. The Balaban J connectivity index is 2.28. The van der Waals surface area contributed by atoms with Crippen molar-refractivity contribution in [2.24, 2.45) is 5.41 Å². The highest BCUT2D eigenvalue weighted by atomic mass is 35.5. The Morgan fingerprint density at radius 2 is 2.05 bits per heavy atom. The minimum Gasteiger partial charge on any atom is -0.344 e. The van der Waals surface area contributed by atoms with Gasteiger partial charge in [0.25, 0.3) is 0 Å². The molecule has 0 radical (unpaired) electrons. The van der Waals surface area contributed by atoms with Gasteiger partial charge in [-0.05, 0) is 24.5 Å². The van der Waals surface area contributed by atoms with Crippen molar-refractivity contribution in [2.75, 3.05) is 0 Å². The predicted molar refractivity (Wildman–Crippen MR) is 85.3 cm³/mol. The molecule has 1 aliphatic heterocycles. The molecule has 1 saturated heterocycles. The number of carbonyl (C=O) groups is 2. The number of carbonyl (C=O) groups excluding carboxylic acids is 2.